The summed E-state index contributed by atoms with van der Waals surface area (Å²) in [4.78, 5) is 28.1. The molecule has 6 nitrogen and oxygen atoms in total. The van der Waals surface area contributed by atoms with Crippen LogP contribution >= 0.6 is 15.9 Å². The van der Waals surface area contributed by atoms with Gasteiger partial charge in [-0.3, -0.25) is 14.8 Å². The van der Waals surface area contributed by atoms with Crippen LogP contribution in [0.4, 0.5) is 10.2 Å². The quantitative estimate of drug-likeness (QED) is 0.411. The molecule has 0 bridgehead atoms. The van der Waals surface area contributed by atoms with E-state index in [1.165, 1.54) is 18.3 Å². The number of pyridine rings is 3. The Morgan fingerprint density at radius 2 is 2.00 bits per heavy atom. The highest BCUT2D eigenvalue weighted by Gasteiger charge is 2.26. The number of nitrogens with zero attached hydrogens (tertiary/aromatic N) is 4. The van der Waals surface area contributed by atoms with Crippen molar-refractivity contribution in [3.8, 4) is 0 Å². The summed E-state index contributed by atoms with van der Waals surface area (Å²) in [6, 6.07) is 13.1. The third kappa shape index (κ3) is 4.45. The summed E-state index contributed by atoms with van der Waals surface area (Å²) in [6.45, 7) is 3.82. The van der Waals surface area contributed by atoms with Crippen molar-refractivity contribution in [1.29, 1.82) is 0 Å². The minimum Gasteiger partial charge on any atom is -0.383 e. The van der Waals surface area contributed by atoms with Crippen LogP contribution in [-0.4, -0.2) is 25.8 Å². The molecular weight excluding hydrogens is 473 g/mol. The van der Waals surface area contributed by atoms with Crippen LogP contribution in [-0.2, 0) is 6.54 Å². The van der Waals surface area contributed by atoms with E-state index in [1.807, 2.05) is 25.1 Å². The van der Waals surface area contributed by atoms with E-state index in [9.17, 15) is 9.18 Å². The summed E-state index contributed by atoms with van der Waals surface area (Å²) < 4.78 is 15.3. The number of aromatic nitrogens is 3. The fourth-order valence-corrected chi connectivity index (χ4v) is 3.74. The topological polar surface area (TPSA) is 85.0 Å². The second kappa shape index (κ2) is 9.00. The first-order valence-electron chi connectivity index (χ1n) is 10.0. The molecule has 0 fully saturated rings. The number of nitrogen functional groups attached to an aromatic ring is 1. The number of anilines is 1. The number of hydrogen-bond donors (Lipinski definition) is 1. The average molecular weight is 494 g/mol. The molecule has 4 aromatic rings. The number of amides is 1. The molecule has 0 saturated carbocycles. The predicted molar refractivity (Wildman–Crippen MR) is 125 cm³/mol. The van der Waals surface area contributed by atoms with Crippen molar-refractivity contribution < 1.29 is 9.18 Å². The molecule has 0 unspecified atom stereocenters. The van der Waals surface area contributed by atoms with Crippen LogP contribution in [0.2, 0.25) is 0 Å². The maximum atomic E-state index is 14.5. The summed E-state index contributed by atoms with van der Waals surface area (Å²) in [5.74, 6) is -0.266. The van der Waals surface area contributed by atoms with Crippen LogP contribution in [0.25, 0.3) is 10.9 Å². The summed E-state index contributed by atoms with van der Waals surface area (Å²) in [6.07, 6.45) is 3.18. The number of hydrogen-bond acceptors (Lipinski definition) is 5. The van der Waals surface area contributed by atoms with E-state index in [4.69, 9.17) is 5.73 Å². The molecule has 3 heterocycles. The summed E-state index contributed by atoms with van der Waals surface area (Å²) in [7, 11) is 0. The molecule has 1 amide bonds. The van der Waals surface area contributed by atoms with Crippen molar-refractivity contribution in [1.82, 2.24) is 19.9 Å². The van der Waals surface area contributed by atoms with E-state index < -0.39 is 11.9 Å². The third-order valence-corrected chi connectivity index (χ3v) is 5.79. The highest BCUT2D eigenvalue weighted by Crippen LogP contribution is 2.27. The van der Waals surface area contributed by atoms with Gasteiger partial charge in [0.15, 0.2) is 0 Å². The third-order valence-electron chi connectivity index (χ3n) is 5.32. The molecule has 0 aliphatic rings. The van der Waals surface area contributed by atoms with Gasteiger partial charge in [0, 0.05) is 27.8 Å². The molecule has 0 aliphatic carbocycles. The lowest BCUT2D eigenvalue weighted by Gasteiger charge is -2.29. The second-order valence-corrected chi connectivity index (χ2v) is 8.46. The van der Waals surface area contributed by atoms with E-state index in [0.29, 0.717) is 22.6 Å². The monoisotopic (exact) mass is 493 g/mol. The van der Waals surface area contributed by atoms with E-state index in [-0.39, 0.29) is 18.1 Å². The van der Waals surface area contributed by atoms with Crippen LogP contribution in [0.3, 0.4) is 0 Å². The van der Waals surface area contributed by atoms with Gasteiger partial charge in [0.25, 0.3) is 5.91 Å². The van der Waals surface area contributed by atoms with Crippen LogP contribution in [0, 0.1) is 12.7 Å². The van der Waals surface area contributed by atoms with Gasteiger partial charge in [-0.05, 0) is 83.9 Å². The van der Waals surface area contributed by atoms with Gasteiger partial charge in [-0.25, -0.2) is 9.37 Å². The molecular formula is C24H21BrFN5O. The predicted octanol–water partition coefficient (Wildman–Crippen LogP) is 5.22. The minimum absolute atomic E-state index is 0.195. The molecule has 1 atom stereocenters. The number of halogens is 2. The first-order chi connectivity index (χ1) is 15.3. The molecule has 32 heavy (non-hydrogen) atoms. The van der Waals surface area contributed by atoms with Crippen molar-refractivity contribution >= 4 is 38.6 Å². The van der Waals surface area contributed by atoms with Gasteiger partial charge in [-0.15, -0.1) is 0 Å². The van der Waals surface area contributed by atoms with Gasteiger partial charge in [0.2, 0.25) is 0 Å². The second-order valence-electron chi connectivity index (χ2n) is 7.55. The van der Waals surface area contributed by atoms with Gasteiger partial charge in [-0.2, -0.15) is 0 Å². The molecule has 0 spiro atoms. The Labute approximate surface area is 193 Å². The van der Waals surface area contributed by atoms with Crippen molar-refractivity contribution in [3.63, 3.8) is 0 Å². The van der Waals surface area contributed by atoms with Crippen molar-refractivity contribution in [2.75, 3.05) is 5.73 Å². The first-order valence-corrected chi connectivity index (χ1v) is 10.8. The number of rotatable bonds is 5. The Balaban J connectivity index is 1.75. The highest BCUT2D eigenvalue weighted by atomic mass is 79.9. The van der Waals surface area contributed by atoms with Crippen molar-refractivity contribution in [2.45, 2.75) is 26.4 Å². The molecule has 3 aromatic heterocycles. The normalized spacial score (nSPS) is 12.0. The number of nitrogens with two attached hydrogens (primary N) is 1. The van der Waals surface area contributed by atoms with E-state index in [1.54, 1.807) is 36.2 Å². The maximum absolute atomic E-state index is 14.5. The lowest BCUT2D eigenvalue weighted by molar-refractivity contribution is 0.0664. The zero-order valence-electron chi connectivity index (χ0n) is 17.6. The van der Waals surface area contributed by atoms with Gasteiger partial charge in [0.05, 0.1) is 29.5 Å². The van der Waals surface area contributed by atoms with Crippen LogP contribution in [0.5, 0.6) is 0 Å². The Bertz CT molecular complexity index is 1300. The van der Waals surface area contributed by atoms with Crippen LogP contribution in [0.15, 0.2) is 65.4 Å². The Morgan fingerprint density at radius 1 is 1.19 bits per heavy atom. The summed E-state index contributed by atoms with van der Waals surface area (Å²) in [5.41, 5.74) is 8.78. The Morgan fingerprint density at radius 3 is 2.72 bits per heavy atom. The average Bonchev–Trinajstić information content (AvgIpc) is 2.78. The van der Waals surface area contributed by atoms with E-state index >= 15 is 0 Å². The number of carbonyl (C=O) groups excluding carboxylic acids is 1. The van der Waals surface area contributed by atoms with Gasteiger partial charge >= 0.3 is 0 Å². The standard InChI is InChI=1S/C24H21BrFN5O/c1-14-10-17-11-16(5-8-21(17)30-23(14)27)24(32)31(13-19-7-6-18(25)12-29-19)15(2)22-20(26)4-3-9-28-22/h3-12,15H,13H2,1-2H3,(H2,27,30)/t15-/m1/s1. The van der Waals surface area contributed by atoms with Crippen molar-refractivity contribution in [2.24, 2.45) is 0 Å². The molecule has 2 N–H and O–H groups in total. The van der Waals surface area contributed by atoms with E-state index in [2.05, 4.69) is 30.9 Å². The summed E-state index contributed by atoms with van der Waals surface area (Å²) in [5, 5.41) is 0.806. The Kier molecular flexibility index (Phi) is 6.14. The molecule has 8 heteroatoms. The Hall–Kier alpha value is -3.39. The lowest BCUT2D eigenvalue weighted by Crippen LogP contribution is -2.34. The number of carbonyl (C=O) groups is 1. The zero-order valence-corrected chi connectivity index (χ0v) is 19.2. The maximum Gasteiger partial charge on any atom is 0.254 e. The fourth-order valence-electron chi connectivity index (χ4n) is 3.51. The highest BCUT2D eigenvalue weighted by molar-refractivity contribution is 9.10. The molecule has 162 valence electrons. The molecule has 0 aliphatic heterocycles. The van der Waals surface area contributed by atoms with Gasteiger partial charge in [-0.1, -0.05) is 0 Å². The van der Waals surface area contributed by atoms with Crippen LogP contribution < -0.4 is 5.73 Å². The molecule has 4 rings (SSSR count). The first kappa shape index (κ1) is 21.8. The summed E-state index contributed by atoms with van der Waals surface area (Å²) >= 11 is 3.37. The number of fused-ring (bicyclic) bond motifs is 1. The van der Waals surface area contributed by atoms with Crippen molar-refractivity contribution in [3.05, 3.63) is 93.7 Å². The largest absolute Gasteiger partial charge is 0.383 e. The zero-order chi connectivity index (χ0) is 22.8. The SMILES string of the molecule is Cc1cc2cc(C(=O)N(Cc3ccc(Br)cn3)[C@H](C)c3ncccc3F)ccc2nc1N. The lowest BCUT2D eigenvalue weighted by atomic mass is 10.1. The number of aryl methyl sites for hydroxylation is 1. The van der Waals surface area contributed by atoms with Gasteiger partial charge in [0.1, 0.15) is 11.6 Å². The van der Waals surface area contributed by atoms with Crippen LogP contribution in [0.1, 0.15) is 40.3 Å². The van der Waals surface area contributed by atoms with E-state index in [0.717, 1.165) is 15.4 Å². The fraction of sp³-hybridized carbons (Fsp3) is 0.167. The molecule has 0 saturated heterocycles. The smallest absolute Gasteiger partial charge is 0.254 e. The molecule has 1 aromatic carbocycles. The molecule has 0 radical (unpaired) electrons. The number of benzene rings is 1. The van der Waals surface area contributed by atoms with Gasteiger partial charge < -0.3 is 10.6 Å². The minimum atomic E-state index is -0.615.